The highest BCUT2D eigenvalue weighted by Gasteiger charge is 2.25. The molecule has 0 saturated heterocycles. The molecule has 1 fully saturated rings. The van der Waals surface area contributed by atoms with E-state index in [0.717, 1.165) is 32.2 Å². The van der Waals surface area contributed by atoms with Gasteiger partial charge in [0, 0.05) is 6.04 Å². The summed E-state index contributed by atoms with van der Waals surface area (Å²) in [6, 6.07) is 0.109. The summed E-state index contributed by atoms with van der Waals surface area (Å²) in [5.41, 5.74) is 0. The average molecular weight is 229 g/mol. The van der Waals surface area contributed by atoms with E-state index in [2.05, 4.69) is 5.32 Å². The Bertz CT molecular complexity index is 222. The molecule has 0 aromatic heterocycles. The van der Waals surface area contributed by atoms with Gasteiger partial charge in [-0.15, -0.1) is 0 Å². The van der Waals surface area contributed by atoms with Crippen LogP contribution in [-0.2, 0) is 4.79 Å². The molecule has 0 bridgehead atoms. The van der Waals surface area contributed by atoms with Crippen LogP contribution in [0, 0.1) is 11.8 Å². The first kappa shape index (κ1) is 13.5. The van der Waals surface area contributed by atoms with Gasteiger partial charge < -0.3 is 15.5 Å². The molecular weight excluding hydrogens is 206 g/mol. The summed E-state index contributed by atoms with van der Waals surface area (Å²) < 4.78 is 0. The molecule has 2 atom stereocenters. The zero-order valence-corrected chi connectivity index (χ0v) is 10.1. The lowest BCUT2D eigenvalue weighted by molar-refractivity contribution is -0.143. The van der Waals surface area contributed by atoms with Gasteiger partial charge in [0.05, 0.1) is 12.0 Å². The third kappa shape index (κ3) is 4.10. The largest absolute Gasteiger partial charge is 0.481 e. The topological polar surface area (TPSA) is 69.6 Å². The molecule has 1 aliphatic rings. The van der Waals surface area contributed by atoms with Crippen LogP contribution in [0.1, 0.15) is 39.5 Å². The predicted octanol–water partition coefficient (Wildman–Crippen LogP) is 1.24. The summed E-state index contributed by atoms with van der Waals surface area (Å²) in [6.07, 6.45) is 3.22. The maximum Gasteiger partial charge on any atom is 0.306 e. The first-order valence-corrected chi connectivity index (χ1v) is 6.15. The zero-order valence-electron chi connectivity index (χ0n) is 10.1. The Morgan fingerprint density at radius 3 is 2.31 bits per heavy atom. The van der Waals surface area contributed by atoms with Crippen LogP contribution in [0.5, 0.6) is 0 Å². The van der Waals surface area contributed by atoms with Crippen LogP contribution in [0.15, 0.2) is 0 Å². The second-order valence-electron chi connectivity index (χ2n) is 4.99. The summed E-state index contributed by atoms with van der Waals surface area (Å²) >= 11 is 0. The minimum absolute atomic E-state index is 0.109. The highest BCUT2D eigenvalue weighted by atomic mass is 16.4. The molecule has 4 heteroatoms. The number of carboxylic acids is 1. The highest BCUT2D eigenvalue weighted by Crippen LogP contribution is 2.28. The van der Waals surface area contributed by atoms with E-state index in [1.807, 2.05) is 6.92 Å². The summed E-state index contributed by atoms with van der Waals surface area (Å²) in [7, 11) is 0. The minimum Gasteiger partial charge on any atom is -0.481 e. The number of hydrogen-bond acceptors (Lipinski definition) is 3. The van der Waals surface area contributed by atoms with E-state index in [1.54, 1.807) is 6.92 Å². The standard InChI is InChI=1S/C12H23NO3/c1-8(9(2)14)13-7-10-3-5-11(6-4-10)12(15)16/h8-11,13-14H,3-7H2,1-2H3,(H,15,16). The summed E-state index contributed by atoms with van der Waals surface area (Å²) in [5, 5.41) is 21.5. The van der Waals surface area contributed by atoms with Gasteiger partial charge in [-0.3, -0.25) is 4.79 Å². The van der Waals surface area contributed by atoms with Crippen LogP contribution in [0.4, 0.5) is 0 Å². The summed E-state index contributed by atoms with van der Waals surface area (Å²) in [6.45, 7) is 4.63. The lowest BCUT2D eigenvalue weighted by atomic mass is 9.82. The fourth-order valence-corrected chi connectivity index (χ4v) is 2.14. The molecule has 2 unspecified atom stereocenters. The molecule has 16 heavy (non-hydrogen) atoms. The molecule has 0 aromatic rings. The molecular formula is C12H23NO3. The van der Waals surface area contributed by atoms with Crippen LogP contribution in [0.3, 0.4) is 0 Å². The normalized spacial score (nSPS) is 29.7. The van der Waals surface area contributed by atoms with E-state index >= 15 is 0 Å². The van der Waals surface area contributed by atoms with Crippen molar-refractivity contribution in [3.8, 4) is 0 Å². The van der Waals surface area contributed by atoms with Crippen molar-refractivity contribution in [2.45, 2.75) is 51.7 Å². The quantitative estimate of drug-likeness (QED) is 0.663. The van der Waals surface area contributed by atoms with Gasteiger partial charge in [-0.05, 0) is 52.0 Å². The Kier molecular flexibility index (Phi) is 5.22. The zero-order chi connectivity index (χ0) is 12.1. The molecule has 3 N–H and O–H groups in total. The number of aliphatic hydroxyl groups is 1. The Morgan fingerprint density at radius 2 is 1.88 bits per heavy atom. The van der Waals surface area contributed by atoms with E-state index in [-0.39, 0.29) is 18.1 Å². The predicted molar refractivity (Wildman–Crippen MR) is 62.2 cm³/mol. The molecule has 1 rings (SSSR count). The first-order valence-electron chi connectivity index (χ1n) is 6.15. The maximum atomic E-state index is 10.8. The van der Waals surface area contributed by atoms with Gasteiger partial charge in [-0.2, -0.15) is 0 Å². The van der Waals surface area contributed by atoms with Gasteiger partial charge in [0.2, 0.25) is 0 Å². The maximum absolute atomic E-state index is 10.8. The van der Waals surface area contributed by atoms with Crippen LogP contribution in [0.25, 0.3) is 0 Å². The van der Waals surface area contributed by atoms with Crippen LogP contribution >= 0.6 is 0 Å². The fraction of sp³-hybridized carbons (Fsp3) is 0.917. The number of aliphatic hydroxyl groups excluding tert-OH is 1. The third-order valence-electron chi connectivity index (χ3n) is 3.65. The molecule has 0 aliphatic heterocycles. The number of carbonyl (C=O) groups is 1. The molecule has 0 spiro atoms. The molecule has 0 aromatic carbocycles. The second-order valence-corrected chi connectivity index (χ2v) is 4.99. The van der Waals surface area contributed by atoms with Gasteiger partial charge in [-0.1, -0.05) is 0 Å². The lowest BCUT2D eigenvalue weighted by Gasteiger charge is -2.28. The van der Waals surface area contributed by atoms with Gasteiger partial charge in [0.25, 0.3) is 0 Å². The van der Waals surface area contributed by atoms with Crippen molar-refractivity contribution >= 4 is 5.97 Å². The van der Waals surface area contributed by atoms with Crippen molar-refractivity contribution < 1.29 is 15.0 Å². The van der Waals surface area contributed by atoms with E-state index in [1.165, 1.54) is 0 Å². The van der Waals surface area contributed by atoms with Crippen molar-refractivity contribution in [3.63, 3.8) is 0 Å². The Morgan fingerprint density at radius 1 is 1.31 bits per heavy atom. The van der Waals surface area contributed by atoms with E-state index in [0.29, 0.717) is 5.92 Å². The summed E-state index contributed by atoms with van der Waals surface area (Å²) in [4.78, 5) is 10.8. The number of carboxylic acid groups (broad SMARTS) is 1. The van der Waals surface area contributed by atoms with E-state index < -0.39 is 5.97 Å². The van der Waals surface area contributed by atoms with Crippen molar-refractivity contribution in [1.82, 2.24) is 5.32 Å². The van der Waals surface area contributed by atoms with E-state index in [4.69, 9.17) is 5.11 Å². The monoisotopic (exact) mass is 229 g/mol. The van der Waals surface area contributed by atoms with Crippen LogP contribution in [0.2, 0.25) is 0 Å². The molecule has 0 radical (unpaired) electrons. The molecule has 94 valence electrons. The van der Waals surface area contributed by atoms with Gasteiger partial charge >= 0.3 is 5.97 Å². The lowest BCUT2D eigenvalue weighted by Crippen LogP contribution is -2.39. The minimum atomic E-state index is -0.649. The Balaban J connectivity index is 2.20. The Hall–Kier alpha value is -0.610. The smallest absolute Gasteiger partial charge is 0.306 e. The molecule has 0 heterocycles. The number of nitrogens with one attached hydrogen (secondary N) is 1. The average Bonchev–Trinajstić information content (AvgIpc) is 2.26. The number of hydrogen-bond donors (Lipinski definition) is 3. The number of rotatable bonds is 5. The van der Waals surface area contributed by atoms with Gasteiger partial charge in [0.15, 0.2) is 0 Å². The molecule has 4 nitrogen and oxygen atoms in total. The molecule has 1 aliphatic carbocycles. The van der Waals surface area contributed by atoms with Crippen LogP contribution in [-0.4, -0.2) is 34.9 Å². The molecule has 1 saturated carbocycles. The fourth-order valence-electron chi connectivity index (χ4n) is 2.14. The van der Waals surface area contributed by atoms with Crippen molar-refractivity contribution in [1.29, 1.82) is 0 Å². The molecule has 0 amide bonds. The van der Waals surface area contributed by atoms with Gasteiger partial charge in [-0.25, -0.2) is 0 Å². The number of aliphatic carboxylic acids is 1. The van der Waals surface area contributed by atoms with Gasteiger partial charge in [0.1, 0.15) is 0 Å². The Labute approximate surface area is 97.0 Å². The second kappa shape index (κ2) is 6.21. The SMILES string of the molecule is CC(O)C(C)NCC1CCC(C(=O)O)CC1. The summed E-state index contributed by atoms with van der Waals surface area (Å²) in [5.74, 6) is -0.217. The van der Waals surface area contributed by atoms with E-state index in [9.17, 15) is 9.90 Å². The first-order chi connectivity index (χ1) is 7.50. The van der Waals surface area contributed by atoms with Crippen molar-refractivity contribution in [2.24, 2.45) is 11.8 Å². The van der Waals surface area contributed by atoms with Crippen LogP contribution < -0.4 is 5.32 Å². The highest BCUT2D eigenvalue weighted by molar-refractivity contribution is 5.69. The van der Waals surface area contributed by atoms with Crippen molar-refractivity contribution in [2.75, 3.05) is 6.54 Å². The third-order valence-corrected chi connectivity index (χ3v) is 3.65. The van der Waals surface area contributed by atoms with Crippen molar-refractivity contribution in [3.05, 3.63) is 0 Å².